The summed E-state index contributed by atoms with van der Waals surface area (Å²) in [6.07, 6.45) is 2.92. The minimum atomic E-state index is -1.03. The second-order valence-electron chi connectivity index (χ2n) is 4.85. The number of fused-ring (bicyclic) bond motifs is 1. The monoisotopic (exact) mass is 285 g/mol. The van der Waals surface area contributed by atoms with Crippen molar-refractivity contribution >= 4 is 23.6 Å². The summed E-state index contributed by atoms with van der Waals surface area (Å²) in [5.41, 5.74) is 0.835. The number of carbonyl (C=O) groups excluding carboxylic acids is 1. The number of thioether (sulfide) groups is 1. The number of hydrogen-bond donors (Lipinski definition) is 1. The smallest absolute Gasteiger partial charge is 0.352 e. The van der Waals surface area contributed by atoms with Crippen molar-refractivity contribution in [2.45, 2.75) is 31.6 Å². The van der Waals surface area contributed by atoms with Gasteiger partial charge in [0.05, 0.1) is 17.9 Å². The lowest BCUT2D eigenvalue weighted by Gasteiger charge is -2.49. The van der Waals surface area contributed by atoms with Crippen LogP contribution in [0.2, 0.25) is 0 Å². The Morgan fingerprint density at radius 2 is 2.32 bits per heavy atom. The Bertz CT molecular complexity index is 421. The van der Waals surface area contributed by atoms with Crippen LogP contribution in [0.15, 0.2) is 11.3 Å². The van der Waals surface area contributed by atoms with E-state index in [9.17, 15) is 14.7 Å². The van der Waals surface area contributed by atoms with Crippen LogP contribution >= 0.6 is 11.8 Å². The maximum Gasteiger partial charge on any atom is 0.352 e. The zero-order chi connectivity index (χ0) is 14.0. The van der Waals surface area contributed by atoms with Crippen LogP contribution in [0, 0.1) is 5.92 Å². The average molecular weight is 285 g/mol. The van der Waals surface area contributed by atoms with Crippen molar-refractivity contribution in [3.63, 3.8) is 0 Å². The highest BCUT2D eigenvalue weighted by Crippen LogP contribution is 2.45. The van der Waals surface area contributed by atoms with E-state index in [0.29, 0.717) is 11.3 Å². The predicted molar refractivity (Wildman–Crippen MR) is 72.6 cm³/mol. The molecule has 1 fully saturated rings. The number of ether oxygens (including phenoxy) is 1. The summed E-state index contributed by atoms with van der Waals surface area (Å²) in [6.45, 7) is 2.36. The Morgan fingerprint density at radius 3 is 2.89 bits per heavy atom. The quantitative estimate of drug-likeness (QED) is 0.752. The van der Waals surface area contributed by atoms with Gasteiger partial charge in [-0.1, -0.05) is 19.8 Å². The molecule has 0 aromatic carbocycles. The number of carbonyl (C=O) groups is 2. The summed E-state index contributed by atoms with van der Waals surface area (Å²) in [5, 5.41) is 9.33. The predicted octanol–water partition coefficient (Wildman–Crippen LogP) is 1.69. The Morgan fingerprint density at radius 1 is 1.58 bits per heavy atom. The van der Waals surface area contributed by atoms with Gasteiger partial charge in [-0.15, -0.1) is 11.8 Å². The van der Waals surface area contributed by atoms with Crippen molar-refractivity contribution in [1.29, 1.82) is 0 Å². The van der Waals surface area contributed by atoms with Gasteiger partial charge in [0, 0.05) is 12.9 Å². The van der Waals surface area contributed by atoms with Gasteiger partial charge in [-0.3, -0.25) is 9.69 Å². The van der Waals surface area contributed by atoms with Crippen LogP contribution in [0.4, 0.5) is 0 Å². The van der Waals surface area contributed by atoms with Gasteiger partial charge in [0.2, 0.25) is 5.91 Å². The highest BCUT2D eigenvalue weighted by Gasteiger charge is 2.52. The molecule has 2 heterocycles. The Balaban J connectivity index is 2.18. The molecule has 2 atom stereocenters. The van der Waals surface area contributed by atoms with E-state index in [1.807, 2.05) is 0 Å². The SMILES string of the molecule is CCCCC1C(=O)N2C(C(=O)O)=C(COC)CSC12. The summed E-state index contributed by atoms with van der Waals surface area (Å²) < 4.78 is 5.02. The zero-order valence-corrected chi connectivity index (χ0v) is 12.0. The summed E-state index contributed by atoms with van der Waals surface area (Å²) in [5.74, 6) is -0.452. The third kappa shape index (κ3) is 2.51. The number of amides is 1. The van der Waals surface area contributed by atoms with Crippen molar-refractivity contribution in [2.75, 3.05) is 19.5 Å². The molecule has 2 rings (SSSR count). The van der Waals surface area contributed by atoms with Crippen LogP contribution in [-0.4, -0.2) is 46.7 Å². The number of nitrogens with zero attached hydrogens (tertiary/aromatic N) is 1. The lowest BCUT2D eigenvalue weighted by Crippen LogP contribution is -2.61. The largest absolute Gasteiger partial charge is 0.477 e. The fourth-order valence-electron chi connectivity index (χ4n) is 2.61. The molecule has 2 aliphatic heterocycles. The fourth-order valence-corrected chi connectivity index (χ4v) is 4.04. The van der Waals surface area contributed by atoms with Gasteiger partial charge in [0.1, 0.15) is 5.70 Å². The average Bonchev–Trinajstić information content (AvgIpc) is 2.39. The second-order valence-corrected chi connectivity index (χ2v) is 5.95. The Hall–Kier alpha value is -1.01. The maximum atomic E-state index is 12.1. The van der Waals surface area contributed by atoms with Gasteiger partial charge in [-0.2, -0.15) is 0 Å². The molecular weight excluding hydrogens is 266 g/mol. The first-order valence-corrected chi connectivity index (χ1v) is 7.55. The topological polar surface area (TPSA) is 66.8 Å². The van der Waals surface area contributed by atoms with Gasteiger partial charge in [-0.25, -0.2) is 4.79 Å². The lowest BCUT2D eigenvalue weighted by atomic mass is 9.90. The molecule has 0 aromatic heterocycles. The van der Waals surface area contributed by atoms with E-state index >= 15 is 0 Å². The molecule has 0 bridgehead atoms. The Labute approximate surface area is 117 Å². The molecular formula is C13H19NO4S. The van der Waals surface area contributed by atoms with E-state index in [2.05, 4.69) is 6.92 Å². The maximum absolute atomic E-state index is 12.1. The summed E-state index contributed by atoms with van der Waals surface area (Å²) in [4.78, 5) is 25.0. The normalized spacial score (nSPS) is 26.2. The molecule has 1 amide bonds. The van der Waals surface area contributed by atoms with Crippen molar-refractivity contribution in [3.05, 3.63) is 11.3 Å². The number of methoxy groups -OCH3 is 1. The van der Waals surface area contributed by atoms with Crippen molar-refractivity contribution in [1.82, 2.24) is 4.90 Å². The minimum Gasteiger partial charge on any atom is -0.477 e. The lowest BCUT2D eigenvalue weighted by molar-refractivity contribution is -0.152. The fraction of sp³-hybridized carbons (Fsp3) is 0.692. The van der Waals surface area contributed by atoms with E-state index in [0.717, 1.165) is 19.3 Å². The number of β-lactam (4-membered cyclic amide) rings is 1. The van der Waals surface area contributed by atoms with Crippen LogP contribution in [0.3, 0.4) is 0 Å². The van der Waals surface area contributed by atoms with Crippen LogP contribution < -0.4 is 0 Å². The van der Waals surface area contributed by atoms with E-state index in [1.165, 1.54) is 12.0 Å². The van der Waals surface area contributed by atoms with Gasteiger partial charge in [0.15, 0.2) is 0 Å². The molecule has 6 heteroatoms. The number of carboxylic acid groups (broad SMARTS) is 1. The van der Waals surface area contributed by atoms with Crippen LogP contribution in [0.5, 0.6) is 0 Å². The first-order chi connectivity index (χ1) is 9.11. The number of hydrogen-bond acceptors (Lipinski definition) is 4. The molecule has 2 unspecified atom stereocenters. The highest BCUT2D eigenvalue weighted by atomic mass is 32.2. The third-order valence-corrected chi connectivity index (χ3v) is 4.94. The van der Waals surface area contributed by atoms with Crippen LogP contribution in [-0.2, 0) is 14.3 Å². The van der Waals surface area contributed by atoms with E-state index in [4.69, 9.17) is 4.74 Å². The van der Waals surface area contributed by atoms with Gasteiger partial charge < -0.3 is 9.84 Å². The Kier molecular flexibility index (Phi) is 4.52. The van der Waals surface area contributed by atoms with Gasteiger partial charge in [-0.05, 0) is 12.0 Å². The molecule has 5 nitrogen and oxygen atoms in total. The molecule has 0 radical (unpaired) electrons. The number of rotatable bonds is 6. The first kappa shape index (κ1) is 14.4. The number of aliphatic carboxylic acids is 1. The summed E-state index contributed by atoms with van der Waals surface area (Å²) in [6, 6.07) is 0. The molecule has 19 heavy (non-hydrogen) atoms. The molecule has 1 saturated heterocycles. The first-order valence-electron chi connectivity index (χ1n) is 6.50. The number of carboxylic acids is 1. The molecule has 2 aliphatic rings. The zero-order valence-electron chi connectivity index (χ0n) is 11.2. The van der Waals surface area contributed by atoms with Gasteiger partial charge >= 0.3 is 5.97 Å². The molecule has 1 N–H and O–H groups in total. The summed E-state index contributed by atoms with van der Waals surface area (Å²) >= 11 is 1.65. The number of unbranched alkanes of at least 4 members (excludes halogenated alkanes) is 1. The highest BCUT2D eigenvalue weighted by molar-refractivity contribution is 8.00. The van der Waals surface area contributed by atoms with Crippen LogP contribution in [0.25, 0.3) is 0 Å². The molecule has 0 spiro atoms. The summed E-state index contributed by atoms with van der Waals surface area (Å²) in [7, 11) is 1.53. The van der Waals surface area contributed by atoms with E-state index < -0.39 is 5.97 Å². The molecule has 0 saturated carbocycles. The van der Waals surface area contributed by atoms with E-state index in [1.54, 1.807) is 11.8 Å². The van der Waals surface area contributed by atoms with Crippen molar-refractivity contribution in [2.24, 2.45) is 5.92 Å². The molecule has 106 valence electrons. The standard InChI is InChI=1S/C13H19NO4S/c1-3-4-5-9-11(15)14-10(13(16)17)8(6-18-2)7-19-12(9)14/h9,12H,3-7H2,1-2H3,(H,16,17). The van der Waals surface area contributed by atoms with Crippen molar-refractivity contribution in [3.8, 4) is 0 Å². The van der Waals surface area contributed by atoms with E-state index in [-0.39, 0.29) is 29.5 Å². The minimum absolute atomic E-state index is 0.00533. The third-order valence-electron chi connectivity index (χ3n) is 3.55. The molecule has 0 aliphatic carbocycles. The van der Waals surface area contributed by atoms with Gasteiger partial charge in [0.25, 0.3) is 0 Å². The van der Waals surface area contributed by atoms with Crippen molar-refractivity contribution < 1.29 is 19.4 Å². The van der Waals surface area contributed by atoms with Crippen LogP contribution in [0.1, 0.15) is 26.2 Å². The second kappa shape index (κ2) is 5.96. The molecule has 0 aromatic rings.